The zero-order chi connectivity index (χ0) is 22.0. The Morgan fingerprint density at radius 3 is 2.77 bits per heavy atom. The number of dihydropyridines is 1. The predicted octanol–water partition coefficient (Wildman–Crippen LogP) is 3.60. The molecule has 1 aromatic carbocycles. The van der Waals surface area contributed by atoms with Crippen molar-refractivity contribution in [3.8, 4) is 17.6 Å². The fraction of sp³-hybridized carbons (Fsp3) is 0.364. The fourth-order valence-electron chi connectivity index (χ4n) is 3.57. The van der Waals surface area contributed by atoms with Crippen molar-refractivity contribution in [1.82, 2.24) is 10.2 Å². The lowest BCUT2D eigenvalue weighted by Crippen LogP contribution is -2.23. The molecule has 4 rings (SSSR count). The fourth-order valence-corrected chi connectivity index (χ4v) is 3.57. The molecule has 2 unspecified atom stereocenters. The van der Waals surface area contributed by atoms with Gasteiger partial charge in [-0.3, -0.25) is 0 Å². The highest BCUT2D eigenvalue weighted by Crippen LogP contribution is 2.35. The van der Waals surface area contributed by atoms with E-state index in [0.717, 1.165) is 6.42 Å². The molecule has 3 heterocycles. The van der Waals surface area contributed by atoms with Crippen molar-refractivity contribution >= 4 is 17.3 Å². The van der Waals surface area contributed by atoms with E-state index in [4.69, 9.17) is 19.9 Å². The first kappa shape index (κ1) is 20.6. The Balaban J connectivity index is 1.83. The van der Waals surface area contributed by atoms with Crippen molar-refractivity contribution in [3.05, 3.63) is 46.9 Å². The molecule has 0 spiro atoms. The summed E-state index contributed by atoms with van der Waals surface area (Å²) in [7, 11) is 0. The standard InChI is InChI=1S/C22H22FN5O3/c1-3-15-8-13(11-24)20-17-10-19(21(25)28-27-17)31-12(2)16-9-14(23)4-5-18(16)29-6-7-30-22(20)26-15/h4-5,9-10,12,15H,3,6-8H2,1-2H3,(H2,25,28). The quantitative estimate of drug-likeness (QED) is 0.745. The third-order valence-electron chi connectivity index (χ3n) is 5.20. The zero-order valence-electron chi connectivity index (χ0n) is 17.3. The molecule has 2 atom stereocenters. The number of fused-ring (bicyclic) bond motifs is 5. The third-order valence-corrected chi connectivity index (χ3v) is 5.20. The monoisotopic (exact) mass is 423 g/mol. The zero-order valence-corrected chi connectivity index (χ0v) is 17.3. The van der Waals surface area contributed by atoms with Crippen molar-refractivity contribution in [1.29, 1.82) is 5.26 Å². The van der Waals surface area contributed by atoms with Gasteiger partial charge in [-0.1, -0.05) is 6.92 Å². The summed E-state index contributed by atoms with van der Waals surface area (Å²) in [5.74, 6) is 0.714. The summed E-state index contributed by atoms with van der Waals surface area (Å²) in [5.41, 5.74) is 7.87. The van der Waals surface area contributed by atoms with Crippen LogP contribution in [0, 0.1) is 17.1 Å². The van der Waals surface area contributed by atoms with E-state index in [0.29, 0.717) is 40.5 Å². The second-order valence-electron chi connectivity index (χ2n) is 7.28. The molecular weight excluding hydrogens is 401 g/mol. The average molecular weight is 423 g/mol. The van der Waals surface area contributed by atoms with E-state index in [1.807, 2.05) is 6.92 Å². The number of aliphatic imine (C=N–C) groups is 1. The number of nitrogens with zero attached hydrogens (tertiary/aromatic N) is 4. The van der Waals surface area contributed by atoms with Crippen LogP contribution in [0.4, 0.5) is 10.2 Å². The Hall–Kier alpha value is -3.67. The van der Waals surface area contributed by atoms with Gasteiger partial charge in [0.25, 0.3) is 0 Å². The number of hydrogen-bond acceptors (Lipinski definition) is 8. The highest BCUT2D eigenvalue weighted by molar-refractivity contribution is 6.21. The lowest BCUT2D eigenvalue weighted by Gasteiger charge is -2.22. The number of benzene rings is 1. The first-order valence-electron chi connectivity index (χ1n) is 10.1. The number of ether oxygens (including phenoxy) is 3. The molecule has 0 saturated carbocycles. The Morgan fingerprint density at radius 1 is 1.19 bits per heavy atom. The van der Waals surface area contributed by atoms with Crippen molar-refractivity contribution < 1.29 is 18.6 Å². The van der Waals surface area contributed by atoms with E-state index in [-0.39, 0.29) is 30.8 Å². The van der Waals surface area contributed by atoms with E-state index in [1.165, 1.54) is 12.1 Å². The van der Waals surface area contributed by atoms with Crippen LogP contribution < -0.4 is 15.2 Å². The summed E-state index contributed by atoms with van der Waals surface area (Å²) in [6, 6.07) is 8.02. The molecule has 9 heteroatoms. The minimum Gasteiger partial charge on any atom is -0.490 e. The van der Waals surface area contributed by atoms with Gasteiger partial charge in [0.15, 0.2) is 11.6 Å². The van der Waals surface area contributed by atoms with Crippen LogP contribution in [0.25, 0.3) is 5.57 Å². The number of anilines is 1. The van der Waals surface area contributed by atoms with Crippen molar-refractivity contribution in [2.45, 2.75) is 38.8 Å². The van der Waals surface area contributed by atoms with Gasteiger partial charge in [0.05, 0.1) is 17.7 Å². The van der Waals surface area contributed by atoms with Gasteiger partial charge in [-0.2, -0.15) is 5.26 Å². The average Bonchev–Trinajstić information content (AvgIpc) is 2.78. The minimum absolute atomic E-state index is 0.0637. The van der Waals surface area contributed by atoms with Gasteiger partial charge < -0.3 is 19.9 Å². The van der Waals surface area contributed by atoms with E-state index < -0.39 is 11.9 Å². The van der Waals surface area contributed by atoms with Gasteiger partial charge >= 0.3 is 0 Å². The summed E-state index contributed by atoms with van der Waals surface area (Å²) in [6.07, 6.45) is 0.662. The van der Waals surface area contributed by atoms with Gasteiger partial charge in [0.1, 0.15) is 36.6 Å². The van der Waals surface area contributed by atoms with Crippen molar-refractivity contribution in [3.63, 3.8) is 0 Å². The maximum absolute atomic E-state index is 13.9. The molecule has 0 saturated heterocycles. The molecule has 0 fully saturated rings. The largest absolute Gasteiger partial charge is 0.490 e. The van der Waals surface area contributed by atoms with E-state index in [1.54, 1.807) is 19.1 Å². The number of nitrogen functional groups attached to an aromatic ring is 1. The second-order valence-corrected chi connectivity index (χ2v) is 7.28. The number of nitriles is 1. The van der Waals surface area contributed by atoms with E-state index >= 15 is 0 Å². The van der Waals surface area contributed by atoms with E-state index in [2.05, 4.69) is 21.3 Å². The number of hydrogen-bond donors (Lipinski definition) is 1. The van der Waals surface area contributed by atoms with Crippen LogP contribution >= 0.6 is 0 Å². The summed E-state index contributed by atoms with van der Waals surface area (Å²) < 4.78 is 31.7. The smallest absolute Gasteiger partial charge is 0.219 e. The van der Waals surface area contributed by atoms with Crippen LogP contribution in [-0.2, 0) is 4.74 Å². The van der Waals surface area contributed by atoms with Crippen LogP contribution in [0.2, 0.25) is 0 Å². The maximum Gasteiger partial charge on any atom is 0.219 e. The molecular formula is C22H22FN5O3. The molecule has 2 bridgehead atoms. The van der Waals surface area contributed by atoms with Gasteiger partial charge in [-0.05, 0) is 31.5 Å². The van der Waals surface area contributed by atoms with Crippen LogP contribution in [0.3, 0.4) is 0 Å². The number of halogens is 1. The Labute approximate surface area is 179 Å². The number of aromatic nitrogens is 2. The lowest BCUT2D eigenvalue weighted by molar-refractivity contribution is 0.193. The summed E-state index contributed by atoms with van der Waals surface area (Å²) in [6.45, 7) is 4.14. The summed E-state index contributed by atoms with van der Waals surface area (Å²) in [5, 5.41) is 17.9. The van der Waals surface area contributed by atoms with Crippen LogP contribution in [0.5, 0.6) is 11.5 Å². The van der Waals surface area contributed by atoms with Crippen LogP contribution in [-0.4, -0.2) is 35.4 Å². The molecule has 2 aromatic rings. The van der Waals surface area contributed by atoms with Crippen molar-refractivity contribution in [2.24, 2.45) is 4.99 Å². The molecule has 1 aromatic heterocycles. The molecule has 2 N–H and O–H groups in total. The topological polar surface area (TPSA) is 116 Å². The second kappa shape index (κ2) is 8.60. The molecule has 0 radical (unpaired) electrons. The van der Waals surface area contributed by atoms with Crippen molar-refractivity contribution in [2.75, 3.05) is 18.9 Å². The highest BCUT2D eigenvalue weighted by atomic mass is 19.1. The predicted molar refractivity (Wildman–Crippen MR) is 112 cm³/mol. The van der Waals surface area contributed by atoms with E-state index in [9.17, 15) is 9.65 Å². The molecule has 31 heavy (non-hydrogen) atoms. The summed E-state index contributed by atoms with van der Waals surface area (Å²) >= 11 is 0. The first-order chi connectivity index (χ1) is 15.0. The number of rotatable bonds is 1. The lowest BCUT2D eigenvalue weighted by atomic mass is 9.94. The first-order valence-corrected chi connectivity index (χ1v) is 10.1. The Bertz CT molecular complexity index is 1110. The molecule has 0 aliphatic carbocycles. The molecule has 160 valence electrons. The molecule has 8 nitrogen and oxygen atoms in total. The molecule has 0 amide bonds. The van der Waals surface area contributed by atoms with Gasteiger partial charge in [-0.25, -0.2) is 9.38 Å². The minimum atomic E-state index is -0.583. The Kier molecular flexibility index (Phi) is 5.71. The highest BCUT2D eigenvalue weighted by Gasteiger charge is 2.28. The molecule has 2 aliphatic heterocycles. The van der Waals surface area contributed by atoms with Gasteiger partial charge in [-0.15, -0.1) is 10.2 Å². The maximum atomic E-state index is 13.9. The van der Waals surface area contributed by atoms with Crippen LogP contribution in [0.1, 0.15) is 44.1 Å². The normalized spacial score (nSPS) is 20.8. The number of nitrogens with two attached hydrogens (primary N) is 1. The van der Waals surface area contributed by atoms with Crippen LogP contribution in [0.15, 0.2) is 34.8 Å². The van der Waals surface area contributed by atoms with Gasteiger partial charge in [0, 0.05) is 23.6 Å². The summed E-state index contributed by atoms with van der Waals surface area (Å²) in [4.78, 5) is 4.66. The Morgan fingerprint density at radius 2 is 2.00 bits per heavy atom. The molecule has 2 aliphatic rings. The SMILES string of the molecule is CCC1CC(C#N)=C2C(=N1)OCCOc1ccc(F)cc1C(C)Oc1cc2nnc1N. The van der Waals surface area contributed by atoms with Gasteiger partial charge in [0.2, 0.25) is 5.90 Å². The third kappa shape index (κ3) is 4.14.